The molecule has 0 bridgehead atoms. The zero-order chi connectivity index (χ0) is 17.1. The zero-order valence-electron chi connectivity index (χ0n) is 13.2. The highest BCUT2D eigenvalue weighted by Crippen LogP contribution is 2.26. The number of anilines is 1. The average Bonchev–Trinajstić information content (AvgIpc) is 3.22. The zero-order valence-corrected chi connectivity index (χ0v) is 14.0. The molecule has 0 saturated heterocycles. The maximum absolute atomic E-state index is 11.7. The summed E-state index contributed by atoms with van der Waals surface area (Å²) in [5, 5.41) is 6.61. The molecular weight excluding hydrogens is 328 g/mol. The quantitative estimate of drug-likeness (QED) is 0.716. The molecule has 2 N–H and O–H groups in total. The lowest BCUT2D eigenvalue weighted by molar-refractivity contribution is 0.0520. The predicted octanol–water partition coefficient (Wildman–Crippen LogP) is 2.76. The first-order valence-corrected chi connectivity index (χ1v) is 8.13. The lowest BCUT2D eigenvalue weighted by Crippen LogP contribution is -2.06. The van der Waals surface area contributed by atoms with Crippen LogP contribution >= 0.6 is 11.3 Å². The van der Waals surface area contributed by atoms with Gasteiger partial charge in [-0.25, -0.2) is 9.78 Å². The molecule has 0 radical (unpaired) electrons. The fraction of sp³-hybridized carbons (Fsp3) is 0.188. The van der Waals surface area contributed by atoms with E-state index >= 15 is 0 Å². The molecule has 0 unspecified atom stereocenters. The molecule has 2 aromatic heterocycles. The lowest BCUT2D eigenvalue weighted by atomic mass is 10.1. The van der Waals surface area contributed by atoms with Crippen LogP contribution in [0.15, 0.2) is 35.7 Å². The number of nitrogens with two attached hydrogens (primary N) is 1. The summed E-state index contributed by atoms with van der Waals surface area (Å²) < 4.78 is 11.6. The summed E-state index contributed by atoms with van der Waals surface area (Å²) in [6, 6.07) is 9.26. The van der Waals surface area contributed by atoms with Crippen molar-refractivity contribution in [3.8, 4) is 22.1 Å². The van der Waals surface area contributed by atoms with E-state index in [4.69, 9.17) is 15.2 Å². The van der Waals surface area contributed by atoms with Gasteiger partial charge in [0, 0.05) is 17.0 Å². The smallest absolute Gasteiger partial charge is 0.357 e. The first-order valence-electron chi connectivity index (χ1n) is 7.25. The summed E-state index contributed by atoms with van der Waals surface area (Å²) in [5.74, 6) is 0.747. The van der Waals surface area contributed by atoms with Gasteiger partial charge in [0.2, 0.25) is 5.13 Å². The van der Waals surface area contributed by atoms with Gasteiger partial charge in [0.15, 0.2) is 5.69 Å². The fourth-order valence-electron chi connectivity index (χ4n) is 2.11. The number of thiazole rings is 1. The molecule has 0 amide bonds. The standard InChI is InChI=1S/C16H16N4O3S/c1-3-23-15(21)13-9-24-16(18-13)20-14(17)8-12(19-20)10-4-6-11(22-2)7-5-10/h4-9H,3,17H2,1-2H3. The average molecular weight is 344 g/mol. The first-order chi connectivity index (χ1) is 11.6. The second-order valence-electron chi connectivity index (χ2n) is 4.83. The predicted molar refractivity (Wildman–Crippen MR) is 91.6 cm³/mol. The van der Waals surface area contributed by atoms with Crippen LogP contribution in [0.25, 0.3) is 16.4 Å². The van der Waals surface area contributed by atoms with Crippen molar-refractivity contribution in [3.63, 3.8) is 0 Å². The summed E-state index contributed by atoms with van der Waals surface area (Å²) in [6.45, 7) is 2.05. The number of nitrogens with zero attached hydrogens (tertiary/aromatic N) is 3. The van der Waals surface area contributed by atoms with E-state index in [-0.39, 0.29) is 5.69 Å². The van der Waals surface area contributed by atoms with Crippen LogP contribution in [-0.2, 0) is 4.74 Å². The van der Waals surface area contributed by atoms with Crippen molar-refractivity contribution in [2.45, 2.75) is 6.92 Å². The van der Waals surface area contributed by atoms with Gasteiger partial charge in [-0.2, -0.15) is 9.78 Å². The minimum Gasteiger partial charge on any atom is -0.497 e. The Morgan fingerprint density at radius 2 is 2.08 bits per heavy atom. The van der Waals surface area contributed by atoms with Gasteiger partial charge in [-0.1, -0.05) is 0 Å². The second-order valence-corrected chi connectivity index (χ2v) is 5.67. The van der Waals surface area contributed by atoms with Crippen LogP contribution in [0.1, 0.15) is 17.4 Å². The van der Waals surface area contributed by atoms with Crippen molar-refractivity contribution in [1.82, 2.24) is 14.8 Å². The fourth-order valence-corrected chi connectivity index (χ4v) is 2.88. The van der Waals surface area contributed by atoms with E-state index in [1.807, 2.05) is 24.3 Å². The van der Waals surface area contributed by atoms with Crippen LogP contribution in [0.2, 0.25) is 0 Å². The SMILES string of the molecule is CCOC(=O)c1csc(-n2nc(-c3ccc(OC)cc3)cc2N)n1. The third-order valence-electron chi connectivity index (χ3n) is 3.28. The van der Waals surface area contributed by atoms with E-state index in [2.05, 4.69) is 10.1 Å². The molecule has 0 saturated carbocycles. The minimum absolute atomic E-state index is 0.248. The highest BCUT2D eigenvalue weighted by Gasteiger charge is 2.16. The van der Waals surface area contributed by atoms with Gasteiger partial charge in [0.1, 0.15) is 11.6 Å². The van der Waals surface area contributed by atoms with E-state index < -0.39 is 5.97 Å². The van der Waals surface area contributed by atoms with E-state index in [9.17, 15) is 4.79 Å². The van der Waals surface area contributed by atoms with Gasteiger partial charge < -0.3 is 15.2 Å². The Hall–Kier alpha value is -2.87. The molecular formula is C16H16N4O3S. The van der Waals surface area contributed by atoms with Gasteiger partial charge >= 0.3 is 5.97 Å². The topological polar surface area (TPSA) is 92.3 Å². The summed E-state index contributed by atoms with van der Waals surface area (Å²) >= 11 is 1.27. The maximum atomic E-state index is 11.7. The molecule has 2 heterocycles. The summed E-state index contributed by atoms with van der Waals surface area (Å²) in [5.41, 5.74) is 7.90. The molecule has 0 spiro atoms. The molecule has 7 nitrogen and oxygen atoms in total. The summed E-state index contributed by atoms with van der Waals surface area (Å²) in [7, 11) is 1.62. The number of esters is 1. The van der Waals surface area contributed by atoms with Crippen molar-refractivity contribution in [3.05, 3.63) is 41.4 Å². The molecule has 0 aliphatic rings. The Bertz CT molecular complexity index is 855. The molecule has 124 valence electrons. The number of methoxy groups -OCH3 is 1. The molecule has 1 aromatic carbocycles. The second kappa shape index (κ2) is 6.71. The highest BCUT2D eigenvalue weighted by molar-refractivity contribution is 7.12. The van der Waals surface area contributed by atoms with E-state index in [1.165, 1.54) is 16.0 Å². The number of hydrogen-bond donors (Lipinski definition) is 1. The van der Waals surface area contributed by atoms with E-state index in [0.29, 0.717) is 23.3 Å². The Morgan fingerprint density at radius 3 is 2.75 bits per heavy atom. The van der Waals surface area contributed by atoms with E-state index in [1.54, 1.807) is 25.5 Å². The number of hydrogen-bond acceptors (Lipinski definition) is 7. The highest BCUT2D eigenvalue weighted by atomic mass is 32.1. The van der Waals surface area contributed by atoms with Crippen LogP contribution in [0.5, 0.6) is 5.75 Å². The Morgan fingerprint density at radius 1 is 1.33 bits per heavy atom. The first kappa shape index (κ1) is 16.0. The van der Waals surface area contributed by atoms with Crippen molar-refractivity contribution >= 4 is 23.1 Å². The third-order valence-corrected chi connectivity index (χ3v) is 4.10. The number of carbonyl (C=O) groups is 1. The number of carbonyl (C=O) groups excluding carboxylic acids is 1. The van der Waals surface area contributed by atoms with Gasteiger partial charge in [0.25, 0.3) is 0 Å². The number of nitrogen functional groups attached to an aromatic ring is 1. The number of ether oxygens (including phenoxy) is 2. The molecule has 24 heavy (non-hydrogen) atoms. The van der Waals surface area contributed by atoms with Crippen LogP contribution < -0.4 is 10.5 Å². The molecule has 3 rings (SSSR count). The van der Waals surface area contributed by atoms with Crippen LogP contribution in [0.3, 0.4) is 0 Å². The Kier molecular flexibility index (Phi) is 4.48. The molecule has 0 aliphatic heterocycles. The largest absolute Gasteiger partial charge is 0.497 e. The Balaban J connectivity index is 1.90. The normalized spacial score (nSPS) is 10.6. The molecule has 0 fully saturated rings. The minimum atomic E-state index is -0.457. The van der Waals surface area contributed by atoms with Gasteiger partial charge in [0.05, 0.1) is 19.4 Å². The number of aromatic nitrogens is 3. The van der Waals surface area contributed by atoms with Crippen LogP contribution in [0.4, 0.5) is 5.82 Å². The molecule has 0 atom stereocenters. The summed E-state index contributed by atoms with van der Waals surface area (Å²) in [4.78, 5) is 15.9. The third kappa shape index (κ3) is 3.09. The van der Waals surface area contributed by atoms with Gasteiger partial charge in [-0.15, -0.1) is 11.3 Å². The van der Waals surface area contributed by atoms with Crippen molar-refractivity contribution < 1.29 is 14.3 Å². The van der Waals surface area contributed by atoms with Crippen molar-refractivity contribution in [2.75, 3.05) is 19.5 Å². The number of benzene rings is 1. The maximum Gasteiger partial charge on any atom is 0.357 e. The van der Waals surface area contributed by atoms with Crippen molar-refractivity contribution in [1.29, 1.82) is 0 Å². The molecule has 3 aromatic rings. The van der Waals surface area contributed by atoms with Crippen molar-refractivity contribution in [2.24, 2.45) is 0 Å². The van der Waals surface area contributed by atoms with Gasteiger partial charge in [-0.05, 0) is 31.2 Å². The molecule has 0 aliphatic carbocycles. The number of rotatable bonds is 5. The van der Waals surface area contributed by atoms with Gasteiger partial charge in [-0.3, -0.25) is 0 Å². The monoisotopic (exact) mass is 344 g/mol. The summed E-state index contributed by atoms with van der Waals surface area (Å²) in [6.07, 6.45) is 0. The Labute approximate surface area is 142 Å². The van der Waals surface area contributed by atoms with E-state index in [0.717, 1.165) is 11.3 Å². The molecule has 8 heteroatoms. The van der Waals surface area contributed by atoms with Crippen LogP contribution in [0, 0.1) is 0 Å². The lowest BCUT2D eigenvalue weighted by Gasteiger charge is -2.00. The van der Waals surface area contributed by atoms with Crippen LogP contribution in [-0.4, -0.2) is 34.5 Å².